The summed E-state index contributed by atoms with van der Waals surface area (Å²) >= 11 is -3.05. The number of alkyl halides is 10. The van der Waals surface area contributed by atoms with Gasteiger partial charge in [-0.25, -0.2) is 4.39 Å². The van der Waals surface area contributed by atoms with Crippen molar-refractivity contribution in [1.29, 1.82) is 0 Å². The van der Waals surface area contributed by atoms with E-state index in [1.54, 1.807) is 0 Å². The van der Waals surface area contributed by atoms with Crippen LogP contribution in [0, 0.1) is 3.57 Å². The number of nitrogens with two attached hydrogens (primary N) is 1. The molecule has 0 aliphatic carbocycles. The number of hydrogen-bond acceptors (Lipinski definition) is 2. The molecule has 0 saturated heterocycles. The molecule has 0 bridgehead atoms. The van der Waals surface area contributed by atoms with Gasteiger partial charge in [-0.3, -0.25) is 0 Å². The van der Waals surface area contributed by atoms with Crippen LogP contribution in [0.5, 0.6) is 0 Å². The summed E-state index contributed by atoms with van der Waals surface area (Å²) in [6.07, 6.45) is -13.1. The first-order chi connectivity index (χ1) is 10.4. The third-order valence-electron chi connectivity index (χ3n) is 2.68. The molecule has 0 fully saturated rings. The highest BCUT2D eigenvalue weighted by atomic mass is 127. The summed E-state index contributed by atoms with van der Waals surface area (Å²) in [7, 11) is 0. The first-order valence-corrected chi connectivity index (χ1v) is 7.58. The Morgan fingerprint density at radius 1 is 0.875 bits per heavy atom. The van der Waals surface area contributed by atoms with Crippen LogP contribution >= 0.6 is 22.6 Å². The van der Waals surface area contributed by atoms with Gasteiger partial charge in [-0.2, -0.15) is 26.3 Å². The van der Waals surface area contributed by atoms with Crippen molar-refractivity contribution in [3.63, 3.8) is 0 Å². The Morgan fingerprint density at radius 3 is 1.62 bits per heavy atom. The molecular weight excluding hydrogens is 499 g/mol. The molecule has 1 atom stereocenters. The molecule has 0 radical (unpaired) electrons. The van der Waals surface area contributed by atoms with Crippen molar-refractivity contribution in [1.82, 2.24) is 0 Å². The highest BCUT2D eigenvalue weighted by molar-refractivity contribution is 14.1. The van der Waals surface area contributed by atoms with E-state index in [4.69, 9.17) is 5.73 Å². The number of benzene rings is 1. The second-order valence-electron chi connectivity index (χ2n) is 4.24. The maximum atomic E-state index is 13.9. The molecule has 1 unspecified atom stereocenters. The highest BCUT2D eigenvalue weighted by Gasteiger charge is 2.73. The smallest absolute Gasteiger partial charge is 0.578 e. The number of nitrogen functional groups attached to an aromatic ring is 1. The Morgan fingerprint density at radius 2 is 1.29 bits per heavy atom. The molecule has 14 heteroatoms. The second kappa shape index (κ2) is 6.26. The van der Waals surface area contributed by atoms with Crippen LogP contribution in [0.2, 0.25) is 0 Å². The van der Waals surface area contributed by atoms with Gasteiger partial charge >= 0.3 is 23.5 Å². The summed E-state index contributed by atoms with van der Waals surface area (Å²) in [4.78, 5) is -1.60. The van der Waals surface area contributed by atoms with E-state index in [9.17, 15) is 48.5 Å². The number of halogens is 11. The minimum Gasteiger partial charge on any atom is -0.604 e. The highest BCUT2D eigenvalue weighted by Crippen LogP contribution is 2.54. The zero-order valence-corrected chi connectivity index (χ0v) is 13.7. The SMILES string of the molecule is Nc1c(I)cc(C(F)(C(F)(F)F)C(F)(F)F)cc1[S+]([O-])C(F)(F)F. The van der Waals surface area contributed by atoms with Crippen molar-refractivity contribution >= 4 is 39.5 Å². The molecule has 0 heterocycles. The summed E-state index contributed by atoms with van der Waals surface area (Å²) < 4.78 is 138. The van der Waals surface area contributed by atoms with Crippen LogP contribution in [-0.4, -0.2) is 22.4 Å². The summed E-state index contributed by atoms with van der Waals surface area (Å²) in [6, 6.07) is -0.448. The van der Waals surface area contributed by atoms with Gasteiger partial charge in [-0.15, -0.1) is 13.2 Å². The molecular formula is C10H4F10INOS. The molecule has 1 rings (SSSR count). The average Bonchev–Trinajstić information content (AvgIpc) is 2.36. The molecule has 0 aliphatic heterocycles. The fourth-order valence-corrected chi connectivity index (χ4v) is 3.16. The quantitative estimate of drug-likeness (QED) is 0.273. The van der Waals surface area contributed by atoms with E-state index in [1.165, 1.54) is 0 Å². The van der Waals surface area contributed by atoms with Crippen molar-refractivity contribution in [2.45, 2.75) is 28.4 Å². The van der Waals surface area contributed by atoms with Crippen molar-refractivity contribution in [2.24, 2.45) is 0 Å². The van der Waals surface area contributed by atoms with Gasteiger partial charge in [-0.05, 0) is 28.7 Å². The first kappa shape index (κ1) is 21.4. The lowest BCUT2D eigenvalue weighted by atomic mass is 9.94. The Bertz CT molecular complexity index is 612. The van der Waals surface area contributed by atoms with Crippen LogP contribution < -0.4 is 5.73 Å². The summed E-state index contributed by atoms with van der Waals surface area (Å²) in [5.41, 5.74) is -9.53. The zero-order chi connectivity index (χ0) is 19.3. The van der Waals surface area contributed by atoms with Crippen molar-refractivity contribution in [3.05, 3.63) is 21.3 Å². The van der Waals surface area contributed by atoms with Gasteiger partial charge in [0.05, 0.1) is 0 Å². The Kier molecular flexibility index (Phi) is 5.59. The molecule has 0 saturated carbocycles. The van der Waals surface area contributed by atoms with Gasteiger partial charge in [0, 0.05) is 15.2 Å². The molecule has 2 N–H and O–H groups in total. The van der Waals surface area contributed by atoms with Crippen LogP contribution in [0.25, 0.3) is 0 Å². The monoisotopic (exact) mass is 503 g/mol. The van der Waals surface area contributed by atoms with Gasteiger partial charge in [0.1, 0.15) is 16.9 Å². The molecule has 0 aromatic heterocycles. The maximum Gasteiger partial charge on any atom is 0.578 e. The van der Waals surface area contributed by atoms with Gasteiger partial charge in [0.25, 0.3) is 0 Å². The first-order valence-electron chi connectivity index (χ1n) is 5.35. The third kappa shape index (κ3) is 3.63. The normalized spacial score (nSPS) is 15.5. The molecule has 1 aromatic rings. The Hall–Kier alpha value is -0.640. The average molecular weight is 503 g/mol. The molecule has 138 valence electrons. The second-order valence-corrected chi connectivity index (χ2v) is 6.84. The van der Waals surface area contributed by atoms with E-state index in [0.717, 1.165) is 22.6 Å². The molecule has 0 aliphatic rings. The summed E-state index contributed by atoms with van der Waals surface area (Å²) in [6.45, 7) is 0. The van der Waals surface area contributed by atoms with Crippen LogP contribution in [0.4, 0.5) is 49.6 Å². The fourth-order valence-electron chi connectivity index (χ4n) is 1.56. The van der Waals surface area contributed by atoms with Crippen molar-refractivity contribution in [3.8, 4) is 0 Å². The summed E-state index contributed by atoms with van der Waals surface area (Å²) in [5, 5.41) is 0. The minimum atomic E-state index is -6.53. The van der Waals surface area contributed by atoms with E-state index < -0.39 is 60.5 Å². The lowest BCUT2D eigenvalue weighted by molar-refractivity contribution is -0.348. The van der Waals surface area contributed by atoms with E-state index in [0.29, 0.717) is 0 Å². The third-order valence-corrected chi connectivity index (χ3v) is 4.73. The van der Waals surface area contributed by atoms with Crippen LogP contribution in [-0.2, 0) is 16.8 Å². The van der Waals surface area contributed by atoms with Gasteiger partial charge in [0.15, 0.2) is 4.90 Å². The van der Waals surface area contributed by atoms with Crippen LogP contribution in [0.3, 0.4) is 0 Å². The Labute approximate surface area is 143 Å². The molecule has 2 nitrogen and oxygen atoms in total. The lowest BCUT2D eigenvalue weighted by Crippen LogP contribution is -2.50. The number of anilines is 1. The summed E-state index contributed by atoms with van der Waals surface area (Å²) in [5.74, 6) is 0. The zero-order valence-electron chi connectivity index (χ0n) is 10.7. The fraction of sp³-hybridized carbons (Fsp3) is 0.400. The largest absolute Gasteiger partial charge is 0.604 e. The topological polar surface area (TPSA) is 49.1 Å². The van der Waals surface area contributed by atoms with Gasteiger partial charge in [0.2, 0.25) is 0 Å². The van der Waals surface area contributed by atoms with Gasteiger partial charge in [-0.1, -0.05) is 0 Å². The lowest BCUT2D eigenvalue weighted by Gasteiger charge is -2.31. The van der Waals surface area contributed by atoms with Gasteiger partial charge < -0.3 is 10.3 Å². The van der Waals surface area contributed by atoms with Crippen molar-refractivity contribution in [2.75, 3.05) is 5.73 Å². The van der Waals surface area contributed by atoms with Crippen LogP contribution in [0.1, 0.15) is 5.56 Å². The van der Waals surface area contributed by atoms with E-state index in [1.807, 2.05) is 0 Å². The molecule has 24 heavy (non-hydrogen) atoms. The molecule has 1 aromatic carbocycles. The minimum absolute atomic E-state index is 0.00600. The number of hydrogen-bond donors (Lipinski definition) is 1. The maximum absolute atomic E-state index is 13.9. The Balaban J connectivity index is 3.75. The molecule has 0 spiro atoms. The van der Waals surface area contributed by atoms with Crippen LogP contribution in [0.15, 0.2) is 17.0 Å². The predicted molar refractivity (Wildman–Crippen MR) is 70.9 cm³/mol. The van der Waals surface area contributed by atoms with E-state index >= 15 is 0 Å². The molecule has 0 amide bonds. The number of rotatable bonds is 2. The van der Waals surface area contributed by atoms with E-state index in [-0.39, 0.29) is 6.07 Å². The standard InChI is InChI=1S/C10H4F10INOS/c11-7(8(12,13)14,9(15,16)17)3-1-4(21)6(22)5(2-3)24(23)10(18,19)20/h1-2H,22H2. The van der Waals surface area contributed by atoms with E-state index in [2.05, 4.69) is 0 Å². The predicted octanol–water partition coefficient (Wildman–Crippen LogP) is 4.79. The van der Waals surface area contributed by atoms with Crippen molar-refractivity contribution < 1.29 is 48.5 Å².